The van der Waals surface area contributed by atoms with Crippen LogP contribution < -0.4 is 4.74 Å². The van der Waals surface area contributed by atoms with Crippen molar-refractivity contribution in [1.82, 2.24) is 4.90 Å². The van der Waals surface area contributed by atoms with Crippen molar-refractivity contribution in [2.45, 2.75) is 38.5 Å². The lowest BCUT2D eigenvalue weighted by atomic mass is 10.2. The molecule has 1 aliphatic rings. The molecule has 2 atom stereocenters. The Morgan fingerprint density at radius 1 is 1.14 bits per heavy atom. The van der Waals surface area contributed by atoms with Crippen LogP contribution in [0, 0.1) is 0 Å². The lowest BCUT2D eigenvalue weighted by Crippen LogP contribution is -2.37. The van der Waals surface area contributed by atoms with Gasteiger partial charge in [-0.25, -0.2) is 4.79 Å². The van der Waals surface area contributed by atoms with E-state index >= 15 is 0 Å². The summed E-state index contributed by atoms with van der Waals surface area (Å²) in [5.74, 6) is -0.118. The SMILES string of the molecule is C[C@H](OC(=O)c1ccc(OC[C@@H]2CCCO2)cc1)C(=O)N(C)Cc1ccccc1. The molecular weight excluding hydrogens is 370 g/mol. The van der Waals surface area contributed by atoms with E-state index in [1.54, 1.807) is 43.1 Å². The van der Waals surface area contributed by atoms with Gasteiger partial charge in [-0.15, -0.1) is 0 Å². The van der Waals surface area contributed by atoms with Gasteiger partial charge in [-0.3, -0.25) is 4.79 Å². The van der Waals surface area contributed by atoms with E-state index in [4.69, 9.17) is 14.2 Å². The Bertz CT molecular complexity index is 800. The van der Waals surface area contributed by atoms with E-state index in [1.165, 1.54) is 0 Å². The maximum atomic E-state index is 12.5. The van der Waals surface area contributed by atoms with Crippen LogP contribution in [0.25, 0.3) is 0 Å². The third-order valence-electron chi connectivity index (χ3n) is 4.82. The number of carbonyl (C=O) groups excluding carboxylic acids is 2. The van der Waals surface area contributed by atoms with Crippen LogP contribution in [0.3, 0.4) is 0 Å². The minimum Gasteiger partial charge on any atom is -0.491 e. The van der Waals surface area contributed by atoms with Gasteiger partial charge < -0.3 is 19.1 Å². The maximum absolute atomic E-state index is 12.5. The zero-order chi connectivity index (χ0) is 20.6. The number of benzene rings is 2. The molecular formula is C23H27NO5. The standard InChI is InChI=1S/C23H27NO5/c1-17(22(25)24(2)15-18-7-4-3-5-8-18)29-23(26)19-10-12-20(13-11-19)28-16-21-9-6-14-27-21/h3-5,7-8,10-13,17,21H,6,9,14-16H2,1-2H3/t17-,21-/m0/s1. The highest BCUT2D eigenvalue weighted by atomic mass is 16.5. The summed E-state index contributed by atoms with van der Waals surface area (Å²) in [4.78, 5) is 26.4. The average molecular weight is 397 g/mol. The van der Waals surface area contributed by atoms with E-state index in [-0.39, 0.29) is 12.0 Å². The van der Waals surface area contributed by atoms with Gasteiger partial charge in [0.15, 0.2) is 6.10 Å². The summed E-state index contributed by atoms with van der Waals surface area (Å²) >= 11 is 0. The molecule has 1 heterocycles. The molecule has 1 saturated heterocycles. The summed E-state index contributed by atoms with van der Waals surface area (Å²) in [6.45, 7) is 3.33. The number of rotatable bonds is 8. The monoisotopic (exact) mass is 397 g/mol. The van der Waals surface area contributed by atoms with E-state index in [9.17, 15) is 9.59 Å². The fraction of sp³-hybridized carbons (Fsp3) is 0.391. The topological polar surface area (TPSA) is 65.1 Å². The summed E-state index contributed by atoms with van der Waals surface area (Å²) < 4.78 is 16.6. The number of carbonyl (C=O) groups is 2. The molecule has 0 N–H and O–H groups in total. The van der Waals surface area contributed by atoms with E-state index in [1.807, 2.05) is 30.3 Å². The molecule has 6 nitrogen and oxygen atoms in total. The molecule has 2 aromatic carbocycles. The van der Waals surface area contributed by atoms with Gasteiger partial charge in [-0.05, 0) is 49.6 Å². The number of hydrogen-bond donors (Lipinski definition) is 0. The Morgan fingerprint density at radius 3 is 2.52 bits per heavy atom. The number of nitrogens with zero attached hydrogens (tertiary/aromatic N) is 1. The predicted molar refractivity (Wildman–Crippen MR) is 109 cm³/mol. The van der Waals surface area contributed by atoms with Crippen LogP contribution in [0.2, 0.25) is 0 Å². The van der Waals surface area contributed by atoms with Crippen LogP contribution in [0.4, 0.5) is 0 Å². The van der Waals surface area contributed by atoms with Crippen LogP contribution >= 0.6 is 0 Å². The molecule has 0 radical (unpaired) electrons. The van der Waals surface area contributed by atoms with Crippen molar-refractivity contribution in [3.05, 3.63) is 65.7 Å². The first-order valence-corrected chi connectivity index (χ1v) is 9.87. The molecule has 1 amide bonds. The summed E-state index contributed by atoms with van der Waals surface area (Å²) in [5, 5.41) is 0. The van der Waals surface area contributed by atoms with Crippen molar-refractivity contribution in [3.63, 3.8) is 0 Å². The smallest absolute Gasteiger partial charge is 0.338 e. The van der Waals surface area contributed by atoms with E-state index in [0.717, 1.165) is 25.0 Å². The van der Waals surface area contributed by atoms with Gasteiger partial charge in [-0.1, -0.05) is 30.3 Å². The summed E-state index contributed by atoms with van der Waals surface area (Å²) in [6, 6.07) is 16.4. The molecule has 29 heavy (non-hydrogen) atoms. The number of likely N-dealkylation sites (N-methyl/N-ethyl adjacent to an activating group) is 1. The maximum Gasteiger partial charge on any atom is 0.338 e. The second-order valence-electron chi connectivity index (χ2n) is 7.20. The number of esters is 1. The first-order chi connectivity index (χ1) is 14.0. The fourth-order valence-electron chi connectivity index (χ4n) is 3.18. The fourth-order valence-corrected chi connectivity index (χ4v) is 3.18. The number of ether oxygens (including phenoxy) is 3. The third-order valence-corrected chi connectivity index (χ3v) is 4.82. The first-order valence-electron chi connectivity index (χ1n) is 9.87. The molecule has 2 aromatic rings. The lowest BCUT2D eigenvalue weighted by molar-refractivity contribution is -0.139. The van der Waals surface area contributed by atoms with E-state index in [2.05, 4.69) is 0 Å². The van der Waals surface area contributed by atoms with E-state index in [0.29, 0.717) is 24.5 Å². The quantitative estimate of drug-likeness (QED) is 0.639. The van der Waals surface area contributed by atoms with Crippen LogP contribution in [-0.4, -0.2) is 49.2 Å². The van der Waals surface area contributed by atoms with Gasteiger partial charge >= 0.3 is 5.97 Å². The van der Waals surface area contributed by atoms with Crippen molar-refractivity contribution in [2.24, 2.45) is 0 Å². The predicted octanol–water partition coefficient (Wildman–Crippen LogP) is 3.45. The minimum atomic E-state index is -0.869. The highest BCUT2D eigenvalue weighted by Gasteiger charge is 2.22. The first kappa shape index (κ1) is 20.9. The Labute approximate surface area is 171 Å². The van der Waals surface area contributed by atoms with Crippen LogP contribution in [0.5, 0.6) is 5.75 Å². The van der Waals surface area contributed by atoms with Gasteiger partial charge in [0.2, 0.25) is 0 Å². The Hall–Kier alpha value is -2.86. The van der Waals surface area contributed by atoms with Gasteiger partial charge in [0, 0.05) is 20.2 Å². The van der Waals surface area contributed by atoms with Gasteiger partial charge in [0.05, 0.1) is 11.7 Å². The zero-order valence-corrected chi connectivity index (χ0v) is 16.9. The molecule has 3 rings (SSSR count). The van der Waals surface area contributed by atoms with Gasteiger partial charge in [0.25, 0.3) is 5.91 Å². The Morgan fingerprint density at radius 2 is 1.86 bits per heavy atom. The van der Waals surface area contributed by atoms with Crippen molar-refractivity contribution in [2.75, 3.05) is 20.3 Å². The molecule has 154 valence electrons. The number of amides is 1. The van der Waals surface area contributed by atoms with Gasteiger partial charge in [0.1, 0.15) is 12.4 Å². The van der Waals surface area contributed by atoms with Gasteiger partial charge in [-0.2, -0.15) is 0 Å². The van der Waals surface area contributed by atoms with Crippen molar-refractivity contribution in [1.29, 1.82) is 0 Å². The van der Waals surface area contributed by atoms with Crippen LogP contribution in [0.15, 0.2) is 54.6 Å². The van der Waals surface area contributed by atoms with E-state index < -0.39 is 12.1 Å². The van der Waals surface area contributed by atoms with Crippen LogP contribution in [0.1, 0.15) is 35.7 Å². The molecule has 0 aliphatic carbocycles. The summed E-state index contributed by atoms with van der Waals surface area (Å²) in [5.41, 5.74) is 1.39. The molecule has 1 aliphatic heterocycles. The average Bonchev–Trinajstić information content (AvgIpc) is 3.26. The van der Waals surface area contributed by atoms with Crippen molar-refractivity contribution in [3.8, 4) is 5.75 Å². The number of hydrogen-bond acceptors (Lipinski definition) is 5. The summed E-state index contributed by atoms with van der Waals surface area (Å²) in [7, 11) is 1.69. The zero-order valence-electron chi connectivity index (χ0n) is 16.9. The van der Waals surface area contributed by atoms with Crippen molar-refractivity contribution >= 4 is 11.9 Å². The molecule has 0 spiro atoms. The largest absolute Gasteiger partial charge is 0.491 e. The molecule has 6 heteroatoms. The second kappa shape index (κ2) is 10.1. The van der Waals surface area contributed by atoms with Crippen LogP contribution in [-0.2, 0) is 20.8 Å². The molecule has 0 saturated carbocycles. The highest BCUT2D eigenvalue weighted by Crippen LogP contribution is 2.17. The molecule has 1 fully saturated rings. The second-order valence-corrected chi connectivity index (χ2v) is 7.20. The Kier molecular flexibility index (Phi) is 7.25. The third kappa shape index (κ3) is 6.06. The Balaban J connectivity index is 1.48. The normalized spacial score (nSPS) is 16.8. The highest BCUT2D eigenvalue weighted by molar-refractivity contribution is 5.92. The minimum absolute atomic E-state index is 0.138. The molecule has 0 aromatic heterocycles. The van der Waals surface area contributed by atoms with Crippen molar-refractivity contribution < 1.29 is 23.8 Å². The summed E-state index contributed by atoms with van der Waals surface area (Å²) in [6.07, 6.45) is 1.34. The molecule has 0 unspecified atom stereocenters. The molecule has 0 bridgehead atoms. The lowest BCUT2D eigenvalue weighted by Gasteiger charge is -2.21.